The molecule has 1 aromatic rings. The van der Waals surface area contributed by atoms with Crippen LogP contribution in [0.2, 0.25) is 0 Å². The molecule has 0 aromatic heterocycles. The van der Waals surface area contributed by atoms with E-state index >= 15 is 0 Å². The zero-order valence-electron chi connectivity index (χ0n) is 12.6. The summed E-state index contributed by atoms with van der Waals surface area (Å²) < 4.78 is 26.2. The molecule has 6 heteroatoms. The summed E-state index contributed by atoms with van der Waals surface area (Å²) in [5, 5.41) is 13.4. The molecule has 0 radical (unpaired) electrons. The first-order valence-electron chi connectivity index (χ1n) is 7.24. The van der Waals surface area contributed by atoms with Crippen molar-refractivity contribution in [3.05, 3.63) is 35.9 Å². The maximum Gasteiger partial charge on any atom is 0.214 e. The standard InChI is InChI=1S/C15H24N2O3S/c1-13(14-6-4-3-5-7-14)10-21(19,20)17(2)12-15(18)8-9-16-11-15/h3-7,13,16,18H,8-12H2,1-2H3. The van der Waals surface area contributed by atoms with Crippen LogP contribution in [-0.4, -0.2) is 55.9 Å². The minimum absolute atomic E-state index is 0.0526. The molecule has 0 spiro atoms. The molecule has 2 N–H and O–H groups in total. The average molecular weight is 312 g/mol. The molecule has 21 heavy (non-hydrogen) atoms. The van der Waals surface area contributed by atoms with Crippen LogP contribution in [0.4, 0.5) is 0 Å². The Morgan fingerprint density at radius 3 is 2.62 bits per heavy atom. The van der Waals surface area contributed by atoms with Gasteiger partial charge >= 0.3 is 0 Å². The second-order valence-corrected chi connectivity index (χ2v) is 8.12. The summed E-state index contributed by atoms with van der Waals surface area (Å²) in [6.45, 7) is 3.22. The molecule has 1 aromatic carbocycles. The molecule has 118 valence electrons. The average Bonchev–Trinajstić information content (AvgIpc) is 2.85. The van der Waals surface area contributed by atoms with Gasteiger partial charge < -0.3 is 10.4 Å². The van der Waals surface area contributed by atoms with Gasteiger partial charge in [0.1, 0.15) is 0 Å². The third-order valence-electron chi connectivity index (χ3n) is 4.04. The van der Waals surface area contributed by atoms with Crippen LogP contribution in [0.1, 0.15) is 24.8 Å². The van der Waals surface area contributed by atoms with Gasteiger partial charge in [0.25, 0.3) is 0 Å². The number of rotatable bonds is 6. The lowest BCUT2D eigenvalue weighted by Gasteiger charge is -2.28. The van der Waals surface area contributed by atoms with Gasteiger partial charge in [-0.05, 0) is 24.4 Å². The lowest BCUT2D eigenvalue weighted by atomic mass is 10.0. The van der Waals surface area contributed by atoms with Gasteiger partial charge in [-0.3, -0.25) is 0 Å². The normalized spacial score (nSPS) is 24.4. The molecule has 0 saturated carbocycles. The summed E-state index contributed by atoms with van der Waals surface area (Å²) in [7, 11) is -1.84. The Labute approximate surface area is 127 Å². The first-order valence-corrected chi connectivity index (χ1v) is 8.85. The van der Waals surface area contributed by atoms with E-state index in [1.165, 1.54) is 4.31 Å². The Kier molecular flexibility index (Phi) is 5.03. The first kappa shape index (κ1) is 16.4. The summed E-state index contributed by atoms with van der Waals surface area (Å²) in [4.78, 5) is 0. The van der Waals surface area contributed by atoms with E-state index in [4.69, 9.17) is 0 Å². The molecule has 1 aliphatic heterocycles. The summed E-state index contributed by atoms with van der Waals surface area (Å²) in [6, 6.07) is 9.62. The maximum atomic E-state index is 12.4. The SMILES string of the molecule is CC(CS(=O)(=O)N(C)CC1(O)CCNC1)c1ccccc1. The van der Waals surface area contributed by atoms with Crippen LogP contribution in [0.25, 0.3) is 0 Å². The van der Waals surface area contributed by atoms with Crippen LogP contribution < -0.4 is 5.32 Å². The highest BCUT2D eigenvalue weighted by atomic mass is 32.2. The largest absolute Gasteiger partial charge is 0.387 e. The highest BCUT2D eigenvalue weighted by Gasteiger charge is 2.35. The number of sulfonamides is 1. The monoisotopic (exact) mass is 312 g/mol. The van der Waals surface area contributed by atoms with Gasteiger partial charge in [0.05, 0.1) is 11.4 Å². The number of hydrogen-bond donors (Lipinski definition) is 2. The van der Waals surface area contributed by atoms with Crippen LogP contribution in [0.3, 0.4) is 0 Å². The zero-order chi connectivity index (χ0) is 15.5. The molecule has 2 unspecified atom stereocenters. The van der Waals surface area contributed by atoms with Crippen molar-refractivity contribution in [3.8, 4) is 0 Å². The van der Waals surface area contributed by atoms with Gasteiger partial charge in [-0.2, -0.15) is 0 Å². The fourth-order valence-corrected chi connectivity index (χ4v) is 4.22. The molecule has 2 atom stereocenters. The second-order valence-electron chi connectivity index (χ2n) is 6.00. The van der Waals surface area contributed by atoms with E-state index in [1.807, 2.05) is 37.3 Å². The van der Waals surface area contributed by atoms with Crippen LogP contribution in [0, 0.1) is 0 Å². The Hall–Kier alpha value is -0.950. The van der Waals surface area contributed by atoms with Gasteiger partial charge in [0.2, 0.25) is 10.0 Å². The second kappa shape index (κ2) is 6.44. The van der Waals surface area contributed by atoms with Gasteiger partial charge in [-0.15, -0.1) is 0 Å². The lowest BCUT2D eigenvalue weighted by Crippen LogP contribution is -2.46. The van der Waals surface area contributed by atoms with Crippen molar-refractivity contribution in [1.29, 1.82) is 0 Å². The number of hydrogen-bond acceptors (Lipinski definition) is 4. The number of nitrogens with zero attached hydrogens (tertiary/aromatic N) is 1. The van der Waals surface area contributed by atoms with Gasteiger partial charge in [-0.1, -0.05) is 37.3 Å². The number of aliphatic hydroxyl groups is 1. The first-order chi connectivity index (χ1) is 9.82. The molecule has 0 bridgehead atoms. The van der Waals surface area contributed by atoms with Gasteiger partial charge in [-0.25, -0.2) is 12.7 Å². The van der Waals surface area contributed by atoms with Crippen LogP contribution in [0.15, 0.2) is 30.3 Å². The van der Waals surface area contributed by atoms with Crippen molar-refractivity contribution in [2.24, 2.45) is 0 Å². The Morgan fingerprint density at radius 1 is 1.38 bits per heavy atom. The van der Waals surface area contributed by atoms with Crippen molar-refractivity contribution in [1.82, 2.24) is 9.62 Å². The molecule has 1 heterocycles. The van der Waals surface area contributed by atoms with Gasteiger partial charge in [0.15, 0.2) is 0 Å². The number of β-amino-alcohol motifs (C(OH)–C–C–N with tert-alkyl or cyclic N) is 1. The fourth-order valence-electron chi connectivity index (χ4n) is 2.70. The number of likely N-dealkylation sites (N-methyl/N-ethyl adjacent to an activating group) is 1. The minimum atomic E-state index is -3.39. The summed E-state index contributed by atoms with van der Waals surface area (Å²) in [5.41, 5.74) is 0.0633. The smallest absolute Gasteiger partial charge is 0.214 e. The summed E-state index contributed by atoms with van der Waals surface area (Å²) in [5.74, 6) is -0.0215. The van der Waals surface area contributed by atoms with E-state index < -0.39 is 15.6 Å². The van der Waals surface area contributed by atoms with Crippen molar-refractivity contribution in [2.45, 2.75) is 24.9 Å². The van der Waals surface area contributed by atoms with Crippen LogP contribution in [0.5, 0.6) is 0 Å². The van der Waals surface area contributed by atoms with E-state index in [0.29, 0.717) is 13.0 Å². The molecule has 0 aliphatic carbocycles. The Balaban J connectivity index is 2.00. The van der Waals surface area contributed by atoms with E-state index in [1.54, 1.807) is 7.05 Å². The van der Waals surface area contributed by atoms with E-state index in [0.717, 1.165) is 12.1 Å². The number of nitrogens with one attached hydrogen (secondary N) is 1. The summed E-state index contributed by atoms with van der Waals surface area (Å²) in [6.07, 6.45) is 0.584. The zero-order valence-corrected chi connectivity index (χ0v) is 13.4. The molecule has 1 fully saturated rings. The van der Waals surface area contributed by atoms with E-state index in [2.05, 4.69) is 5.32 Å². The molecule has 1 aliphatic rings. The molecule has 5 nitrogen and oxygen atoms in total. The quantitative estimate of drug-likeness (QED) is 0.814. The molecule has 1 saturated heterocycles. The van der Waals surface area contributed by atoms with Crippen molar-refractivity contribution in [2.75, 3.05) is 32.4 Å². The van der Waals surface area contributed by atoms with Crippen LogP contribution in [-0.2, 0) is 10.0 Å². The predicted octanol–water partition coefficient (Wildman–Crippen LogP) is 0.776. The Morgan fingerprint density at radius 2 is 2.05 bits per heavy atom. The third-order valence-corrected chi connectivity index (χ3v) is 6.04. The van der Waals surface area contributed by atoms with Crippen molar-refractivity contribution < 1.29 is 13.5 Å². The van der Waals surface area contributed by atoms with Crippen LogP contribution >= 0.6 is 0 Å². The Bertz CT molecular complexity index is 554. The summed E-state index contributed by atoms with van der Waals surface area (Å²) >= 11 is 0. The minimum Gasteiger partial charge on any atom is -0.387 e. The lowest BCUT2D eigenvalue weighted by molar-refractivity contribution is 0.0462. The molecule has 2 rings (SSSR count). The van der Waals surface area contributed by atoms with Crippen molar-refractivity contribution >= 4 is 10.0 Å². The third kappa shape index (κ3) is 4.26. The highest BCUT2D eigenvalue weighted by molar-refractivity contribution is 7.89. The number of benzene rings is 1. The topological polar surface area (TPSA) is 69.6 Å². The van der Waals surface area contributed by atoms with Gasteiger partial charge in [0, 0.05) is 20.1 Å². The maximum absolute atomic E-state index is 12.4. The highest BCUT2D eigenvalue weighted by Crippen LogP contribution is 2.21. The molecule has 0 amide bonds. The predicted molar refractivity (Wildman–Crippen MR) is 83.7 cm³/mol. The van der Waals surface area contributed by atoms with E-state index in [-0.39, 0.29) is 18.2 Å². The van der Waals surface area contributed by atoms with Crippen molar-refractivity contribution in [3.63, 3.8) is 0 Å². The van der Waals surface area contributed by atoms with E-state index in [9.17, 15) is 13.5 Å². The fraction of sp³-hybridized carbons (Fsp3) is 0.600. The molecular formula is C15H24N2O3S. The molecular weight excluding hydrogens is 288 g/mol.